The van der Waals surface area contributed by atoms with E-state index in [9.17, 15) is 9.90 Å². The first-order valence-corrected chi connectivity index (χ1v) is 7.91. The summed E-state index contributed by atoms with van der Waals surface area (Å²) in [4.78, 5) is 16.3. The third-order valence-corrected chi connectivity index (χ3v) is 3.72. The van der Waals surface area contributed by atoms with Crippen LogP contribution in [0.15, 0.2) is 36.7 Å². The molecule has 1 aromatic carbocycles. The number of nitrogens with two attached hydrogens (primary N) is 1. The maximum Gasteiger partial charge on any atom is 0.237 e. The Bertz CT molecular complexity index is 622. The van der Waals surface area contributed by atoms with Gasteiger partial charge in [-0.25, -0.2) is 4.98 Å². The molecule has 0 aliphatic carbocycles. The standard InChI is InChI=1S/C17H24N4O2/c1-2-16-19-9-11-21(16)10-3-8-20-17(23)15(18)12-13-4-6-14(22)7-5-13/h4-7,9,11,15,22H,2-3,8,10,12,18H2,1H3,(H,20,23)/t15-/m0/s1. The molecule has 0 saturated carbocycles. The Morgan fingerprint density at radius 3 is 2.83 bits per heavy atom. The molecule has 0 fully saturated rings. The number of phenolic OH excluding ortho intramolecular Hbond substituents is 1. The van der Waals surface area contributed by atoms with Crippen molar-refractivity contribution in [1.82, 2.24) is 14.9 Å². The van der Waals surface area contributed by atoms with Crippen molar-refractivity contribution < 1.29 is 9.90 Å². The number of aromatic nitrogens is 2. The van der Waals surface area contributed by atoms with Crippen molar-refractivity contribution in [1.29, 1.82) is 0 Å². The number of nitrogens with one attached hydrogen (secondary N) is 1. The summed E-state index contributed by atoms with van der Waals surface area (Å²) >= 11 is 0. The van der Waals surface area contributed by atoms with Crippen LogP contribution in [-0.4, -0.2) is 33.2 Å². The van der Waals surface area contributed by atoms with E-state index >= 15 is 0 Å². The highest BCUT2D eigenvalue weighted by molar-refractivity contribution is 5.81. The molecular formula is C17H24N4O2. The van der Waals surface area contributed by atoms with Crippen LogP contribution in [0.2, 0.25) is 0 Å². The number of carbonyl (C=O) groups excluding carboxylic acids is 1. The maximum atomic E-state index is 12.0. The molecule has 6 heteroatoms. The van der Waals surface area contributed by atoms with Gasteiger partial charge < -0.3 is 20.7 Å². The first kappa shape index (κ1) is 17.0. The minimum atomic E-state index is -0.584. The molecule has 2 aromatic rings. The second kappa shape index (κ2) is 8.33. The molecule has 1 aromatic heterocycles. The molecule has 0 bridgehead atoms. The summed E-state index contributed by atoms with van der Waals surface area (Å²) < 4.78 is 2.10. The zero-order valence-electron chi connectivity index (χ0n) is 13.4. The van der Waals surface area contributed by atoms with Gasteiger partial charge in [0.2, 0.25) is 5.91 Å². The van der Waals surface area contributed by atoms with Gasteiger partial charge in [-0.1, -0.05) is 19.1 Å². The number of imidazole rings is 1. The number of aryl methyl sites for hydroxylation is 2. The lowest BCUT2D eigenvalue weighted by Gasteiger charge is -2.13. The van der Waals surface area contributed by atoms with Crippen molar-refractivity contribution in [2.24, 2.45) is 5.73 Å². The smallest absolute Gasteiger partial charge is 0.237 e. The minimum Gasteiger partial charge on any atom is -0.508 e. The van der Waals surface area contributed by atoms with Crippen LogP contribution in [0.25, 0.3) is 0 Å². The Hall–Kier alpha value is -2.34. The van der Waals surface area contributed by atoms with Crippen molar-refractivity contribution in [2.75, 3.05) is 6.54 Å². The van der Waals surface area contributed by atoms with Gasteiger partial charge in [-0.05, 0) is 30.5 Å². The molecule has 23 heavy (non-hydrogen) atoms. The van der Waals surface area contributed by atoms with E-state index in [1.807, 2.05) is 6.20 Å². The van der Waals surface area contributed by atoms with Gasteiger partial charge in [0.05, 0.1) is 6.04 Å². The van der Waals surface area contributed by atoms with Crippen LogP contribution in [0.4, 0.5) is 0 Å². The van der Waals surface area contributed by atoms with E-state index < -0.39 is 6.04 Å². The lowest BCUT2D eigenvalue weighted by molar-refractivity contribution is -0.122. The van der Waals surface area contributed by atoms with E-state index in [2.05, 4.69) is 21.8 Å². The first-order valence-electron chi connectivity index (χ1n) is 7.91. The Labute approximate surface area is 136 Å². The number of nitrogens with zero attached hydrogens (tertiary/aromatic N) is 2. The number of rotatable bonds is 8. The number of amides is 1. The van der Waals surface area contributed by atoms with Crippen molar-refractivity contribution >= 4 is 5.91 Å². The fraction of sp³-hybridized carbons (Fsp3) is 0.412. The molecule has 0 aliphatic rings. The second-order valence-corrected chi connectivity index (χ2v) is 5.51. The third kappa shape index (κ3) is 5.10. The summed E-state index contributed by atoms with van der Waals surface area (Å²) in [5.74, 6) is 1.11. The molecule has 6 nitrogen and oxygen atoms in total. The van der Waals surface area contributed by atoms with E-state index in [1.165, 1.54) is 0 Å². The predicted octanol–water partition coefficient (Wildman–Crippen LogP) is 1.23. The van der Waals surface area contributed by atoms with E-state index in [1.54, 1.807) is 30.5 Å². The number of phenols is 1. The SMILES string of the molecule is CCc1nccn1CCCNC(=O)[C@@H](N)Cc1ccc(O)cc1. The summed E-state index contributed by atoms with van der Waals surface area (Å²) in [6.45, 7) is 3.49. The summed E-state index contributed by atoms with van der Waals surface area (Å²) in [5.41, 5.74) is 6.85. The van der Waals surface area contributed by atoms with E-state index in [4.69, 9.17) is 5.73 Å². The van der Waals surface area contributed by atoms with E-state index in [0.29, 0.717) is 13.0 Å². The summed E-state index contributed by atoms with van der Waals surface area (Å²) in [6.07, 6.45) is 5.94. The largest absolute Gasteiger partial charge is 0.508 e. The average Bonchev–Trinajstić information content (AvgIpc) is 3.01. The van der Waals surface area contributed by atoms with Crippen molar-refractivity contribution in [3.05, 3.63) is 48.0 Å². The van der Waals surface area contributed by atoms with Crippen LogP contribution < -0.4 is 11.1 Å². The monoisotopic (exact) mass is 316 g/mol. The molecule has 0 unspecified atom stereocenters. The molecule has 2 rings (SSSR count). The topological polar surface area (TPSA) is 93.2 Å². The summed E-state index contributed by atoms with van der Waals surface area (Å²) in [6, 6.07) is 6.15. The Kier molecular flexibility index (Phi) is 6.17. The number of benzene rings is 1. The van der Waals surface area contributed by atoms with Crippen LogP contribution in [-0.2, 0) is 24.2 Å². The van der Waals surface area contributed by atoms with Crippen LogP contribution in [0.5, 0.6) is 5.75 Å². The Balaban J connectivity index is 1.70. The van der Waals surface area contributed by atoms with Crippen molar-refractivity contribution in [2.45, 2.75) is 38.8 Å². The highest BCUT2D eigenvalue weighted by Crippen LogP contribution is 2.10. The molecule has 124 valence electrons. The second-order valence-electron chi connectivity index (χ2n) is 5.51. The highest BCUT2D eigenvalue weighted by Gasteiger charge is 2.13. The first-order chi connectivity index (χ1) is 11.1. The van der Waals surface area contributed by atoms with Crippen LogP contribution >= 0.6 is 0 Å². The van der Waals surface area contributed by atoms with Crippen LogP contribution in [0.1, 0.15) is 24.7 Å². The van der Waals surface area contributed by atoms with Gasteiger partial charge in [0.25, 0.3) is 0 Å². The van der Waals surface area contributed by atoms with Crippen LogP contribution in [0.3, 0.4) is 0 Å². The zero-order chi connectivity index (χ0) is 16.7. The van der Waals surface area contributed by atoms with Gasteiger partial charge in [-0.3, -0.25) is 4.79 Å². The normalized spacial score (nSPS) is 12.1. The number of aromatic hydroxyl groups is 1. The van der Waals surface area contributed by atoms with Crippen molar-refractivity contribution in [3.63, 3.8) is 0 Å². The molecule has 0 aliphatic heterocycles. The number of hydrogen-bond donors (Lipinski definition) is 3. The Morgan fingerprint density at radius 1 is 1.39 bits per heavy atom. The van der Waals surface area contributed by atoms with E-state index in [-0.39, 0.29) is 11.7 Å². The molecule has 1 heterocycles. The molecule has 1 atom stereocenters. The molecule has 4 N–H and O–H groups in total. The van der Waals surface area contributed by atoms with Crippen LogP contribution in [0, 0.1) is 0 Å². The van der Waals surface area contributed by atoms with Gasteiger partial charge in [0.1, 0.15) is 11.6 Å². The molecule has 0 saturated heterocycles. The van der Waals surface area contributed by atoms with Crippen molar-refractivity contribution in [3.8, 4) is 5.75 Å². The predicted molar refractivity (Wildman–Crippen MR) is 89.0 cm³/mol. The lowest BCUT2D eigenvalue weighted by Crippen LogP contribution is -2.42. The molecule has 0 radical (unpaired) electrons. The third-order valence-electron chi connectivity index (χ3n) is 3.72. The van der Waals surface area contributed by atoms with Gasteiger partial charge >= 0.3 is 0 Å². The van der Waals surface area contributed by atoms with Gasteiger partial charge in [0, 0.05) is 31.9 Å². The lowest BCUT2D eigenvalue weighted by atomic mass is 10.1. The number of hydrogen-bond acceptors (Lipinski definition) is 4. The average molecular weight is 316 g/mol. The maximum absolute atomic E-state index is 12.0. The van der Waals surface area contributed by atoms with Gasteiger partial charge in [0.15, 0.2) is 0 Å². The molecule has 1 amide bonds. The quantitative estimate of drug-likeness (QED) is 0.639. The minimum absolute atomic E-state index is 0.153. The Morgan fingerprint density at radius 2 is 2.13 bits per heavy atom. The zero-order valence-corrected chi connectivity index (χ0v) is 13.4. The molecular weight excluding hydrogens is 292 g/mol. The fourth-order valence-electron chi connectivity index (χ4n) is 2.43. The molecule has 0 spiro atoms. The number of carbonyl (C=O) groups is 1. The summed E-state index contributed by atoms with van der Waals surface area (Å²) in [5, 5.41) is 12.1. The van der Waals surface area contributed by atoms with E-state index in [0.717, 1.165) is 30.8 Å². The summed E-state index contributed by atoms with van der Waals surface area (Å²) in [7, 11) is 0. The van der Waals surface area contributed by atoms with Gasteiger partial charge in [-0.2, -0.15) is 0 Å². The fourth-order valence-corrected chi connectivity index (χ4v) is 2.43. The highest BCUT2D eigenvalue weighted by atomic mass is 16.3. The van der Waals surface area contributed by atoms with Gasteiger partial charge in [-0.15, -0.1) is 0 Å².